The van der Waals surface area contributed by atoms with Gasteiger partial charge in [0.05, 0.1) is 12.7 Å². The second-order valence-electron chi connectivity index (χ2n) is 3.91. The number of halogens is 1. The summed E-state index contributed by atoms with van der Waals surface area (Å²) in [6.45, 7) is 2.66. The Bertz CT molecular complexity index is 484. The molecule has 0 spiro atoms. The molecule has 0 aliphatic carbocycles. The van der Waals surface area contributed by atoms with Crippen LogP contribution in [0.2, 0.25) is 5.15 Å². The summed E-state index contributed by atoms with van der Waals surface area (Å²) in [5, 5.41) is 0.643. The van der Waals surface area contributed by atoms with Crippen LogP contribution in [0.25, 0.3) is 0 Å². The van der Waals surface area contributed by atoms with E-state index in [4.69, 9.17) is 17.3 Å². The van der Waals surface area contributed by atoms with Gasteiger partial charge in [-0.3, -0.25) is 0 Å². The summed E-state index contributed by atoms with van der Waals surface area (Å²) in [7, 11) is 1.90. The van der Waals surface area contributed by atoms with Crippen LogP contribution in [0.3, 0.4) is 0 Å². The van der Waals surface area contributed by atoms with Crippen molar-refractivity contribution in [1.82, 2.24) is 14.1 Å². The lowest BCUT2D eigenvalue weighted by Gasteiger charge is -2.11. The van der Waals surface area contributed by atoms with Gasteiger partial charge in [-0.2, -0.15) is 0 Å². The first-order valence-corrected chi connectivity index (χ1v) is 5.54. The molecule has 0 radical (unpaired) electrons. The molecule has 2 rings (SSSR count). The molecule has 1 atom stereocenters. The minimum Gasteiger partial charge on any atom is -0.342 e. The first-order valence-electron chi connectivity index (χ1n) is 5.16. The summed E-state index contributed by atoms with van der Waals surface area (Å²) in [4.78, 5) is 4.26. The second kappa shape index (κ2) is 4.31. The molecule has 0 aromatic carbocycles. The normalized spacial score (nSPS) is 13.0. The van der Waals surface area contributed by atoms with Gasteiger partial charge in [-0.05, 0) is 19.1 Å². The standard InChI is InChI=1S/C11H15ClN4/c1-8(13)9-4-3-5-16(9)7-11-14-6-10(12)15(11)2/h3-6,8H,7,13H2,1-2H3. The van der Waals surface area contributed by atoms with E-state index in [9.17, 15) is 0 Å². The molecule has 2 aromatic heterocycles. The molecule has 5 heteroatoms. The lowest BCUT2D eigenvalue weighted by Crippen LogP contribution is -2.14. The lowest BCUT2D eigenvalue weighted by atomic mass is 10.2. The monoisotopic (exact) mass is 238 g/mol. The topological polar surface area (TPSA) is 48.8 Å². The Morgan fingerprint density at radius 2 is 2.31 bits per heavy atom. The van der Waals surface area contributed by atoms with Crippen molar-refractivity contribution >= 4 is 11.6 Å². The maximum absolute atomic E-state index is 5.94. The molecule has 0 bridgehead atoms. The zero-order valence-corrected chi connectivity index (χ0v) is 10.1. The summed E-state index contributed by atoms with van der Waals surface area (Å²) in [6, 6.07) is 4.03. The Kier molecular flexibility index (Phi) is 3.03. The minimum atomic E-state index is 0.0192. The highest BCUT2D eigenvalue weighted by Crippen LogP contribution is 2.14. The number of hydrogen-bond acceptors (Lipinski definition) is 2. The molecule has 1 unspecified atom stereocenters. The summed E-state index contributed by atoms with van der Waals surface area (Å²) >= 11 is 5.94. The van der Waals surface area contributed by atoms with E-state index < -0.39 is 0 Å². The molecule has 16 heavy (non-hydrogen) atoms. The highest BCUT2D eigenvalue weighted by atomic mass is 35.5. The van der Waals surface area contributed by atoms with Crippen molar-refractivity contribution < 1.29 is 0 Å². The molecule has 0 saturated heterocycles. The molecule has 0 aliphatic heterocycles. The van der Waals surface area contributed by atoms with Crippen molar-refractivity contribution in [2.75, 3.05) is 0 Å². The predicted molar refractivity (Wildman–Crippen MR) is 64.4 cm³/mol. The van der Waals surface area contributed by atoms with Crippen molar-refractivity contribution in [3.63, 3.8) is 0 Å². The van der Waals surface area contributed by atoms with Crippen molar-refractivity contribution in [3.8, 4) is 0 Å². The van der Waals surface area contributed by atoms with E-state index in [1.54, 1.807) is 6.20 Å². The number of imidazole rings is 1. The van der Waals surface area contributed by atoms with Gasteiger partial charge in [0.25, 0.3) is 0 Å². The molecule has 0 fully saturated rings. The fourth-order valence-corrected chi connectivity index (χ4v) is 1.85. The van der Waals surface area contributed by atoms with Crippen LogP contribution in [0.5, 0.6) is 0 Å². The van der Waals surface area contributed by atoms with E-state index in [0.29, 0.717) is 11.7 Å². The summed E-state index contributed by atoms with van der Waals surface area (Å²) < 4.78 is 3.95. The first kappa shape index (κ1) is 11.2. The van der Waals surface area contributed by atoms with Gasteiger partial charge in [-0.15, -0.1) is 0 Å². The highest BCUT2D eigenvalue weighted by Gasteiger charge is 2.09. The fraction of sp³-hybridized carbons (Fsp3) is 0.364. The zero-order chi connectivity index (χ0) is 11.7. The molecule has 0 aliphatic rings. The fourth-order valence-electron chi connectivity index (χ4n) is 1.71. The number of nitrogens with two attached hydrogens (primary N) is 1. The maximum Gasteiger partial charge on any atom is 0.129 e. The van der Waals surface area contributed by atoms with Gasteiger partial charge in [0.15, 0.2) is 0 Å². The molecule has 2 aromatic rings. The van der Waals surface area contributed by atoms with Crippen LogP contribution in [-0.4, -0.2) is 14.1 Å². The third-order valence-electron chi connectivity index (χ3n) is 2.67. The predicted octanol–water partition coefficient (Wildman–Crippen LogP) is 1.94. The highest BCUT2D eigenvalue weighted by molar-refractivity contribution is 6.29. The average molecular weight is 239 g/mol. The molecule has 4 nitrogen and oxygen atoms in total. The lowest BCUT2D eigenvalue weighted by molar-refractivity contribution is 0.638. The smallest absolute Gasteiger partial charge is 0.129 e. The van der Waals surface area contributed by atoms with Gasteiger partial charge in [-0.1, -0.05) is 11.6 Å². The van der Waals surface area contributed by atoms with Crippen molar-refractivity contribution in [2.45, 2.75) is 19.5 Å². The van der Waals surface area contributed by atoms with Gasteiger partial charge < -0.3 is 14.9 Å². The van der Waals surface area contributed by atoms with Crippen LogP contribution < -0.4 is 5.73 Å². The minimum absolute atomic E-state index is 0.0192. The van der Waals surface area contributed by atoms with Crippen LogP contribution in [0.4, 0.5) is 0 Å². The molecule has 0 amide bonds. The van der Waals surface area contributed by atoms with Gasteiger partial charge >= 0.3 is 0 Å². The van der Waals surface area contributed by atoms with Crippen molar-refractivity contribution in [2.24, 2.45) is 12.8 Å². The Labute approximate surface area is 99.6 Å². The molecule has 86 valence electrons. The van der Waals surface area contributed by atoms with E-state index >= 15 is 0 Å². The van der Waals surface area contributed by atoms with Gasteiger partial charge in [-0.25, -0.2) is 4.98 Å². The van der Waals surface area contributed by atoms with E-state index in [2.05, 4.69) is 9.55 Å². The zero-order valence-electron chi connectivity index (χ0n) is 9.39. The average Bonchev–Trinajstić information content (AvgIpc) is 2.80. The quantitative estimate of drug-likeness (QED) is 0.889. The molecular formula is C11H15ClN4. The third-order valence-corrected chi connectivity index (χ3v) is 3.02. The Balaban J connectivity index is 2.27. The van der Waals surface area contributed by atoms with Gasteiger partial charge in [0.1, 0.15) is 11.0 Å². The molecular weight excluding hydrogens is 224 g/mol. The first-order chi connectivity index (χ1) is 7.59. The Hall–Kier alpha value is -1.26. The van der Waals surface area contributed by atoms with Crippen molar-refractivity contribution in [1.29, 1.82) is 0 Å². The van der Waals surface area contributed by atoms with E-state index in [-0.39, 0.29) is 6.04 Å². The number of aromatic nitrogens is 3. The largest absolute Gasteiger partial charge is 0.342 e. The van der Waals surface area contributed by atoms with Crippen LogP contribution >= 0.6 is 11.6 Å². The third kappa shape index (κ3) is 1.99. The van der Waals surface area contributed by atoms with Crippen LogP contribution in [-0.2, 0) is 13.6 Å². The SMILES string of the molecule is CC(N)c1cccn1Cc1ncc(Cl)n1C. The summed E-state index contributed by atoms with van der Waals surface area (Å²) in [5.74, 6) is 0.920. The van der Waals surface area contributed by atoms with Crippen LogP contribution in [0.1, 0.15) is 24.5 Å². The van der Waals surface area contributed by atoms with Gasteiger partial charge in [0, 0.05) is 25.0 Å². The molecule has 2 N–H and O–H groups in total. The van der Waals surface area contributed by atoms with E-state index in [0.717, 1.165) is 11.5 Å². The summed E-state index contributed by atoms with van der Waals surface area (Å²) in [6.07, 6.45) is 3.66. The summed E-state index contributed by atoms with van der Waals surface area (Å²) in [5.41, 5.74) is 6.98. The molecule has 2 heterocycles. The Morgan fingerprint density at radius 1 is 1.56 bits per heavy atom. The van der Waals surface area contributed by atoms with Crippen LogP contribution in [0, 0.1) is 0 Å². The number of hydrogen-bond donors (Lipinski definition) is 1. The number of rotatable bonds is 3. The van der Waals surface area contributed by atoms with Crippen molar-refractivity contribution in [3.05, 3.63) is 41.2 Å². The van der Waals surface area contributed by atoms with E-state index in [1.165, 1.54) is 0 Å². The maximum atomic E-state index is 5.94. The second-order valence-corrected chi connectivity index (χ2v) is 4.29. The molecule has 0 saturated carbocycles. The Morgan fingerprint density at radius 3 is 2.88 bits per heavy atom. The number of nitrogens with zero attached hydrogens (tertiary/aromatic N) is 3. The van der Waals surface area contributed by atoms with E-state index in [1.807, 2.05) is 36.9 Å². The van der Waals surface area contributed by atoms with Gasteiger partial charge in [0.2, 0.25) is 0 Å². The van der Waals surface area contributed by atoms with Crippen LogP contribution in [0.15, 0.2) is 24.5 Å².